The van der Waals surface area contributed by atoms with Gasteiger partial charge in [-0.25, -0.2) is 0 Å². The minimum absolute atomic E-state index is 0.0175. The van der Waals surface area contributed by atoms with E-state index in [2.05, 4.69) is 6.07 Å². The third-order valence-electron chi connectivity index (χ3n) is 3.22. The predicted octanol–water partition coefficient (Wildman–Crippen LogP) is 1.42. The minimum Gasteiger partial charge on any atom is -0.396 e. The Kier molecular flexibility index (Phi) is 3.99. The van der Waals surface area contributed by atoms with Crippen molar-refractivity contribution in [1.29, 1.82) is 0 Å². The first-order valence-electron chi connectivity index (χ1n) is 6.22. The molecule has 0 aliphatic carbocycles. The number of ether oxygens (including phenoxy) is 1. The maximum absolute atomic E-state index is 11.9. The van der Waals surface area contributed by atoms with Crippen LogP contribution in [-0.4, -0.2) is 36.9 Å². The Balaban J connectivity index is 2.21. The van der Waals surface area contributed by atoms with Gasteiger partial charge in [0.25, 0.3) is 5.91 Å². The molecule has 1 unspecified atom stereocenters. The van der Waals surface area contributed by atoms with Crippen LogP contribution in [-0.2, 0) is 9.53 Å². The van der Waals surface area contributed by atoms with E-state index in [4.69, 9.17) is 9.84 Å². The second-order valence-corrected chi connectivity index (χ2v) is 4.74. The summed E-state index contributed by atoms with van der Waals surface area (Å²) in [7, 11) is 0. The summed E-state index contributed by atoms with van der Waals surface area (Å²) in [5, 5.41) is 8.95. The lowest BCUT2D eigenvalue weighted by molar-refractivity contribution is -0.129. The molecule has 1 aromatic carbocycles. The maximum atomic E-state index is 11.9. The van der Waals surface area contributed by atoms with Crippen molar-refractivity contribution in [3.63, 3.8) is 0 Å². The number of rotatable bonds is 3. The van der Waals surface area contributed by atoms with E-state index >= 15 is 0 Å². The summed E-state index contributed by atoms with van der Waals surface area (Å²) in [5.41, 5.74) is 3.22. The van der Waals surface area contributed by atoms with Gasteiger partial charge in [0, 0.05) is 12.3 Å². The number of benzene rings is 1. The van der Waals surface area contributed by atoms with Crippen molar-refractivity contribution in [1.82, 2.24) is 0 Å². The molecule has 0 bridgehead atoms. The molecule has 0 spiro atoms. The highest BCUT2D eigenvalue weighted by atomic mass is 16.5. The van der Waals surface area contributed by atoms with Crippen molar-refractivity contribution in [2.75, 3.05) is 24.7 Å². The van der Waals surface area contributed by atoms with Crippen molar-refractivity contribution in [3.05, 3.63) is 29.3 Å². The Morgan fingerprint density at radius 3 is 2.89 bits per heavy atom. The van der Waals surface area contributed by atoms with Crippen LogP contribution in [0.25, 0.3) is 0 Å². The van der Waals surface area contributed by atoms with Gasteiger partial charge in [-0.2, -0.15) is 0 Å². The number of carbonyl (C=O) groups is 1. The Hall–Kier alpha value is -1.39. The van der Waals surface area contributed by atoms with E-state index in [9.17, 15) is 4.79 Å². The fourth-order valence-electron chi connectivity index (χ4n) is 2.28. The Morgan fingerprint density at radius 2 is 2.22 bits per heavy atom. The van der Waals surface area contributed by atoms with Gasteiger partial charge in [-0.15, -0.1) is 0 Å². The number of anilines is 1. The molecule has 1 saturated heterocycles. The number of hydrogen-bond acceptors (Lipinski definition) is 3. The lowest BCUT2D eigenvalue weighted by Crippen LogP contribution is -2.47. The van der Waals surface area contributed by atoms with Crippen molar-refractivity contribution in [2.45, 2.75) is 26.4 Å². The maximum Gasteiger partial charge on any atom is 0.253 e. The van der Waals surface area contributed by atoms with E-state index in [1.165, 1.54) is 5.56 Å². The molecule has 1 amide bonds. The molecule has 2 rings (SSSR count). The molecule has 0 radical (unpaired) electrons. The van der Waals surface area contributed by atoms with E-state index in [0.29, 0.717) is 13.0 Å². The standard InChI is InChI=1S/C14H19NO3/c1-10-3-4-13(11(2)7-10)15-8-12(5-6-16)18-9-14(15)17/h3-4,7,12,16H,5-6,8-9H2,1-2H3. The van der Waals surface area contributed by atoms with Crippen LogP contribution in [0.1, 0.15) is 17.5 Å². The molecule has 0 saturated carbocycles. The quantitative estimate of drug-likeness (QED) is 0.881. The molecule has 1 N–H and O–H groups in total. The third-order valence-corrected chi connectivity index (χ3v) is 3.22. The predicted molar refractivity (Wildman–Crippen MR) is 69.7 cm³/mol. The van der Waals surface area contributed by atoms with Crippen LogP contribution in [0.2, 0.25) is 0 Å². The van der Waals surface area contributed by atoms with Gasteiger partial charge in [0.2, 0.25) is 0 Å². The van der Waals surface area contributed by atoms with Gasteiger partial charge < -0.3 is 14.7 Å². The van der Waals surface area contributed by atoms with E-state index in [0.717, 1.165) is 11.3 Å². The van der Waals surface area contributed by atoms with Gasteiger partial charge in [0.05, 0.1) is 12.6 Å². The number of nitrogens with zero attached hydrogens (tertiary/aromatic N) is 1. The highest BCUT2D eigenvalue weighted by Gasteiger charge is 2.27. The fraction of sp³-hybridized carbons (Fsp3) is 0.500. The highest BCUT2D eigenvalue weighted by molar-refractivity contribution is 5.95. The number of morpholine rings is 1. The molecule has 1 heterocycles. The summed E-state index contributed by atoms with van der Waals surface area (Å²) in [6.45, 7) is 4.74. The van der Waals surface area contributed by atoms with Gasteiger partial charge in [-0.3, -0.25) is 4.79 Å². The molecule has 1 aliphatic rings. The molecule has 1 aromatic rings. The Labute approximate surface area is 107 Å². The first-order valence-corrected chi connectivity index (χ1v) is 6.22. The van der Waals surface area contributed by atoms with E-state index in [1.54, 1.807) is 4.90 Å². The Morgan fingerprint density at radius 1 is 1.44 bits per heavy atom. The summed E-state index contributed by atoms with van der Waals surface area (Å²) in [6.07, 6.45) is 0.489. The van der Waals surface area contributed by atoms with E-state index in [1.807, 2.05) is 26.0 Å². The van der Waals surface area contributed by atoms with Crippen molar-refractivity contribution in [3.8, 4) is 0 Å². The van der Waals surface area contributed by atoms with Crippen molar-refractivity contribution >= 4 is 11.6 Å². The first-order chi connectivity index (χ1) is 8.61. The average Bonchev–Trinajstić information content (AvgIpc) is 2.33. The van der Waals surface area contributed by atoms with Gasteiger partial charge >= 0.3 is 0 Å². The molecule has 1 atom stereocenters. The van der Waals surface area contributed by atoms with Gasteiger partial charge in [-0.1, -0.05) is 17.7 Å². The molecular formula is C14H19NO3. The smallest absolute Gasteiger partial charge is 0.253 e. The number of carbonyl (C=O) groups excluding carboxylic acids is 1. The van der Waals surface area contributed by atoms with Gasteiger partial charge in [0.15, 0.2) is 0 Å². The molecule has 4 heteroatoms. The summed E-state index contributed by atoms with van der Waals surface area (Å²) < 4.78 is 5.39. The largest absolute Gasteiger partial charge is 0.396 e. The number of amides is 1. The third kappa shape index (κ3) is 2.71. The Bertz CT molecular complexity index is 445. The molecule has 0 aromatic heterocycles. The van der Waals surface area contributed by atoms with Crippen molar-refractivity contribution in [2.24, 2.45) is 0 Å². The zero-order valence-electron chi connectivity index (χ0n) is 10.8. The molecule has 1 aliphatic heterocycles. The van der Waals surface area contributed by atoms with Crippen LogP contribution >= 0.6 is 0 Å². The van der Waals surface area contributed by atoms with E-state index < -0.39 is 0 Å². The molecule has 98 valence electrons. The summed E-state index contributed by atoms with van der Waals surface area (Å²) in [5.74, 6) is -0.0175. The molecule has 4 nitrogen and oxygen atoms in total. The van der Waals surface area contributed by atoms with Crippen molar-refractivity contribution < 1.29 is 14.6 Å². The molecular weight excluding hydrogens is 230 g/mol. The summed E-state index contributed by atoms with van der Waals surface area (Å²) >= 11 is 0. The number of hydrogen-bond donors (Lipinski definition) is 1. The topological polar surface area (TPSA) is 49.8 Å². The SMILES string of the molecule is Cc1ccc(N2CC(CCO)OCC2=O)c(C)c1. The molecule has 1 fully saturated rings. The lowest BCUT2D eigenvalue weighted by atomic mass is 10.1. The van der Waals surface area contributed by atoms with Gasteiger partial charge in [-0.05, 0) is 31.9 Å². The van der Waals surface area contributed by atoms with Crippen LogP contribution in [0, 0.1) is 13.8 Å². The first kappa shape index (κ1) is 13.1. The highest BCUT2D eigenvalue weighted by Crippen LogP contribution is 2.24. The summed E-state index contributed by atoms with van der Waals surface area (Å²) in [6, 6.07) is 6.05. The monoisotopic (exact) mass is 249 g/mol. The minimum atomic E-state index is -0.0756. The van der Waals surface area contributed by atoms with Crippen LogP contribution < -0.4 is 4.90 Å². The normalized spacial score (nSPS) is 20.3. The van der Waals surface area contributed by atoms with Crippen LogP contribution in [0.15, 0.2) is 18.2 Å². The van der Waals surface area contributed by atoms with Gasteiger partial charge in [0.1, 0.15) is 6.61 Å². The zero-order valence-corrected chi connectivity index (χ0v) is 10.8. The fourth-order valence-corrected chi connectivity index (χ4v) is 2.28. The number of aryl methyl sites for hydroxylation is 2. The second kappa shape index (κ2) is 5.50. The molecule has 18 heavy (non-hydrogen) atoms. The summed E-state index contributed by atoms with van der Waals surface area (Å²) in [4.78, 5) is 13.7. The van der Waals surface area contributed by atoms with Crippen LogP contribution in [0.3, 0.4) is 0 Å². The number of aliphatic hydroxyl groups excluding tert-OH is 1. The van der Waals surface area contributed by atoms with E-state index in [-0.39, 0.29) is 25.2 Å². The number of aliphatic hydroxyl groups is 1. The van der Waals surface area contributed by atoms with Crippen LogP contribution in [0.5, 0.6) is 0 Å². The second-order valence-electron chi connectivity index (χ2n) is 4.74. The zero-order chi connectivity index (χ0) is 13.1. The van der Waals surface area contributed by atoms with Crippen LogP contribution in [0.4, 0.5) is 5.69 Å². The lowest BCUT2D eigenvalue weighted by Gasteiger charge is -2.33. The average molecular weight is 249 g/mol.